The largest absolute Gasteiger partial charge is 0.416 e. The summed E-state index contributed by atoms with van der Waals surface area (Å²) in [6.07, 6.45) is 2.37. The molecule has 0 aliphatic heterocycles. The Kier molecular flexibility index (Phi) is 2.51. The van der Waals surface area contributed by atoms with Crippen molar-refractivity contribution in [2.75, 3.05) is 0 Å². The molecule has 0 saturated carbocycles. The Morgan fingerprint density at radius 3 is 2.42 bits per heavy atom. The third-order valence-electron chi connectivity index (χ3n) is 2.79. The van der Waals surface area contributed by atoms with Crippen LogP contribution in [0.3, 0.4) is 0 Å². The summed E-state index contributed by atoms with van der Waals surface area (Å²) in [5, 5.41) is 0. The minimum atomic E-state index is -4.32. The maximum Gasteiger partial charge on any atom is 0.416 e. The molecule has 0 saturated heterocycles. The fourth-order valence-electron chi connectivity index (χ4n) is 1.81. The number of halogens is 3. The van der Waals surface area contributed by atoms with Crippen molar-refractivity contribution in [2.24, 2.45) is 0 Å². The molecular weight excluding hydrogens is 255 g/mol. The van der Waals surface area contributed by atoms with Gasteiger partial charge >= 0.3 is 6.18 Å². The Morgan fingerprint density at radius 2 is 1.74 bits per heavy atom. The van der Waals surface area contributed by atoms with Gasteiger partial charge in [-0.1, -0.05) is 12.1 Å². The summed E-state index contributed by atoms with van der Waals surface area (Å²) in [7, 11) is 0. The van der Waals surface area contributed by atoms with Crippen molar-refractivity contribution in [3.63, 3.8) is 0 Å². The van der Waals surface area contributed by atoms with Gasteiger partial charge in [0.1, 0.15) is 0 Å². The number of rotatable bonds is 1. The van der Waals surface area contributed by atoms with Crippen LogP contribution in [-0.2, 0) is 6.18 Å². The maximum absolute atomic E-state index is 12.5. The van der Waals surface area contributed by atoms with Gasteiger partial charge in [0.25, 0.3) is 0 Å². The van der Waals surface area contributed by atoms with Crippen LogP contribution in [-0.4, -0.2) is 14.4 Å². The van der Waals surface area contributed by atoms with E-state index in [9.17, 15) is 13.2 Å². The highest BCUT2D eigenvalue weighted by molar-refractivity contribution is 5.60. The zero-order valence-corrected chi connectivity index (χ0v) is 9.59. The summed E-state index contributed by atoms with van der Waals surface area (Å²) in [5.41, 5.74) is 1.25. The number of benzene rings is 1. The van der Waals surface area contributed by atoms with E-state index in [1.807, 2.05) is 0 Å². The topological polar surface area (TPSA) is 30.2 Å². The molecule has 1 aromatic carbocycles. The predicted octanol–water partition coefficient (Wildman–Crippen LogP) is 3.42. The lowest BCUT2D eigenvalue weighted by Crippen LogP contribution is -2.04. The fraction of sp³-hybridized carbons (Fsp3) is 0.0769. The highest BCUT2D eigenvalue weighted by atomic mass is 19.4. The first-order chi connectivity index (χ1) is 9.04. The molecule has 0 amide bonds. The molecule has 0 aliphatic carbocycles. The van der Waals surface area contributed by atoms with Gasteiger partial charge in [-0.2, -0.15) is 13.2 Å². The first-order valence-electron chi connectivity index (χ1n) is 5.50. The van der Waals surface area contributed by atoms with Gasteiger partial charge in [0.15, 0.2) is 5.65 Å². The lowest BCUT2D eigenvalue weighted by molar-refractivity contribution is -0.137. The molecule has 19 heavy (non-hydrogen) atoms. The van der Waals surface area contributed by atoms with Gasteiger partial charge in [0.05, 0.1) is 17.5 Å². The zero-order chi connectivity index (χ0) is 13.5. The number of aromatic nitrogens is 3. The summed E-state index contributed by atoms with van der Waals surface area (Å²) >= 11 is 0. The Morgan fingerprint density at radius 1 is 1.00 bits per heavy atom. The molecule has 0 unspecified atom stereocenters. The molecule has 3 nitrogen and oxygen atoms in total. The minimum Gasteiger partial charge on any atom is -0.304 e. The Hall–Kier alpha value is -2.37. The van der Waals surface area contributed by atoms with E-state index in [-0.39, 0.29) is 0 Å². The molecule has 0 aliphatic rings. The number of imidazole rings is 1. The van der Waals surface area contributed by atoms with Crippen molar-refractivity contribution < 1.29 is 13.2 Å². The van der Waals surface area contributed by atoms with Crippen LogP contribution in [0.2, 0.25) is 0 Å². The van der Waals surface area contributed by atoms with Crippen LogP contribution in [0.1, 0.15) is 5.56 Å². The Balaban J connectivity index is 2.01. The van der Waals surface area contributed by atoms with Crippen molar-refractivity contribution in [3.05, 3.63) is 54.6 Å². The fourth-order valence-corrected chi connectivity index (χ4v) is 1.81. The molecule has 0 N–H and O–H groups in total. The van der Waals surface area contributed by atoms with Crippen molar-refractivity contribution in [2.45, 2.75) is 6.18 Å². The molecule has 0 radical (unpaired) electrons. The Bertz CT molecular complexity index is 714. The van der Waals surface area contributed by atoms with E-state index in [4.69, 9.17) is 0 Å². The quantitative estimate of drug-likeness (QED) is 0.673. The van der Waals surface area contributed by atoms with Crippen molar-refractivity contribution >= 4 is 5.65 Å². The average Bonchev–Trinajstić information content (AvgIpc) is 2.85. The molecule has 6 heteroatoms. The molecule has 0 fully saturated rings. The monoisotopic (exact) mass is 263 g/mol. The number of alkyl halides is 3. The molecule has 0 bridgehead atoms. The van der Waals surface area contributed by atoms with Crippen LogP contribution in [0.5, 0.6) is 0 Å². The second kappa shape index (κ2) is 4.08. The van der Waals surface area contributed by atoms with E-state index in [1.54, 1.807) is 29.2 Å². The van der Waals surface area contributed by atoms with Crippen LogP contribution < -0.4 is 0 Å². The van der Waals surface area contributed by atoms with Gasteiger partial charge in [0.2, 0.25) is 0 Å². The molecule has 0 spiro atoms. The van der Waals surface area contributed by atoms with E-state index in [1.165, 1.54) is 12.1 Å². The van der Waals surface area contributed by atoms with Crippen molar-refractivity contribution in [3.8, 4) is 11.3 Å². The van der Waals surface area contributed by atoms with E-state index < -0.39 is 11.7 Å². The van der Waals surface area contributed by atoms with Crippen LogP contribution >= 0.6 is 0 Å². The highest BCUT2D eigenvalue weighted by Crippen LogP contribution is 2.30. The first-order valence-corrected chi connectivity index (χ1v) is 5.50. The second-order valence-corrected chi connectivity index (χ2v) is 4.04. The summed E-state index contributed by atoms with van der Waals surface area (Å²) in [5.74, 6) is 0. The van der Waals surface area contributed by atoms with Gasteiger partial charge in [-0.05, 0) is 12.1 Å². The predicted molar refractivity (Wildman–Crippen MR) is 63.4 cm³/mol. The van der Waals surface area contributed by atoms with Crippen LogP contribution in [0, 0.1) is 0 Å². The van der Waals surface area contributed by atoms with Gasteiger partial charge in [0, 0.05) is 24.2 Å². The highest BCUT2D eigenvalue weighted by Gasteiger charge is 2.29. The molecular formula is C13H8F3N3. The lowest BCUT2D eigenvalue weighted by Gasteiger charge is -2.07. The summed E-state index contributed by atoms with van der Waals surface area (Å²) in [6.45, 7) is 0. The molecule has 3 aromatic rings. The summed E-state index contributed by atoms with van der Waals surface area (Å²) in [6, 6.07) is 4.92. The number of hydrogen-bond acceptors (Lipinski definition) is 2. The zero-order valence-electron chi connectivity index (χ0n) is 9.59. The third-order valence-corrected chi connectivity index (χ3v) is 2.79. The number of fused-ring (bicyclic) bond motifs is 1. The Labute approximate surface area is 106 Å². The van der Waals surface area contributed by atoms with Crippen molar-refractivity contribution in [1.29, 1.82) is 0 Å². The molecule has 2 heterocycles. The second-order valence-electron chi connectivity index (χ2n) is 4.04. The standard InChI is InChI=1S/C13H8F3N3/c14-13(15,16)10-3-1-9(2-4-10)11-8-19-6-5-17-12(19)7-18-11/h1-8H. The average molecular weight is 263 g/mol. The normalized spacial score (nSPS) is 11.9. The van der Waals surface area contributed by atoms with Gasteiger partial charge in [-0.15, -0.1) is 0 Å². The smallest absolute Gasteiger partial charge is 0.304 e. The summed E-state index contributed by atoms with van der Waals surface area (Å²) < 4.78 is 39.1. The van der Waals surface area contributed by atoms with Gasteiger partial charge in [-0.25, -0.2) is 4.98 Å². The van der Waals surface area contributed by atoms with E-state index in [2.05, 4.69) is 9.97 Å². The van der Waals surface area contributed by atoms with E-state index in [0.717, 1.165) is 12.1 Å². The van der Waals surface area contributed by atoms with Crippen LogP contribution in [0.25, 0.3) is 16.9 Å². The lowest BCUT2D eigenvalue weighted by atomic mass is 10.1. The van der Waals surface area contributed by atoms with Gasteiger partial charge in [-0.3, -0.25) is 4.98 Å². The molecule has 3 rings (SSSR count). The molecule has 2 aromatic heterocycles. The van der Waals surface area contributed by atoms with Crippen LogP contribution in [0.15, 0.2) is 49.1 Å². The SMILES string of the molecule is FC(F)(F)c1ccc(-c2cn3ccnc3cn2)cc1. The maximum atomic E-state index is 12.5. The van der Waals surface area contributed by atoms with E-state index >= 15 is 0 Å². The molecule has 0 atom stereocenters. The first kappa shape index (κ1) is 11.7. The number of nitrogens with zero attached hydrogens (tertiary/aromatic N) is 3. The van der Waals surface area contributed by atoms with Gasteiger partial charge < -0.3 is 4.40 Å². The molecule has 96 valence electrons. The minimum absolute atomic E-state index is 0.597. The summed E-state index contributed by atoms with van der Waals surface area (Å²) in [4.78, 5) is 8.23. The number of hydrogen-bond donors (Lipinski definition) is 0. The third kappa shape index (κ3) is 2.16. The van der Waals surface area contributed by atoms with E-state index in [0.29, 0.717) is 16.9 Å². The van der Waals surface area contributed by atoms with Crippen LogP contribution in [0.4, 0.5) is 13.2 Å². The van der Waals surface area contributed by atoms with Crippen molar-refractivity contribution in [1.82, 2.24) is 14.4 Å².